The summed E-state index contributed by atoms with van der Waals surface area (Å²) in [6, 6.07) is 18.5. The second-order valence-corrected chi connectivity index (χ2v) is 9.76. The molecule has 2 aromatic heterocycles. The van der Waals surface area contributed by atoms with Gasteiger partial charge in [0.2, 0.25) is 11.9 Å². The molecule has 10 nitrogen and oxygen atoms in total. The lowest BCUT2D eigenvalue weighted by Gasteiger charge is -2.42. The maximum absolute atomic E-state index is 13.1. The molecule has 3 amide bonds. The second-order valence-electron chi connectivity index (χ2n) is 9.37. The first-order valence-corrected chi connectivity index (χ1v) is 13.1. The number of urea groups is 1. The van der Waals surface area contributed by atoms with E-state index in [0.717, 1.165) is 11.1 Å². The predicted octanol–water partition coefficient (Wildman–Crippen LogP) is 4.05. The van der Waals surface area contributed by atoms with Crippen LogP contribution in [0, 0.1) is 6.92 Å². The van der Waals surface area contributed by atoms with Crippen LogP contribution < -0.4 is 15.5 Å². The van der Waals surface area contributed by atoms with E-state index in [1.165, 1.54) is 0 Å². The van der Waals surface area contributed by atoms with Crippen molar-refractivity contribution in [2.75, 3.05) is 29.9 Å². The molecule has 1 atom stereocenters. The van der Waals surface area contributed by atoms with E-state index >= 15 is 0 Å². The smallest absolute Gasteiger partial charge is 0.321 e. The lowest BCUT2D eigenvalue weighted by Crippen LogP contribution is -2.57. The van der Waals surface area contributed by atoms with Gasteiger partial charge >= 0.3 is 6.03 Å². The van der Waals surface area contributed by atoms with Crippen molar-refractivity contribution in [2.24, 2.45) is 0 Å². The number of hydrogen-bond acceptors (Lipinski definition) is 6. The molecule has 39 heavy (non-hydrogen) atoms. The maximum atomic E-state index is 13.1. The summed E-state index contributed by atoms with van der Waals surface area (Å²) < 4.78 is 1.67. The number of para-hydroxylation sites is 1. The number of carbonyl (C=O) groups is 2. The van der Waals surface area contributed by atoms with Crippen LogP contribution >= 0.6 is 11.6 Å². The number of piperazine rings is 1. The van der Waals surface area contributed by atoms with E-state index in [1.54, 1.807) is 34.3 Å². The molecule has 2 aromatic carbocycles. The summed E-state index contributed by atoms with van der Waals surface area (Å²) in [5.74, 6) is 0.839. The third-order valence-corrected chi connectivity index (χ3v) is 6.72. The van der Waals surface area contributed by atoms with Gasteiger partial charge in [-0.15, -0.1) is 0 Å². The quantitative estimate of drug-likeness (QED) is 0.340. The summed E-state index contributed by atoms with van der Waals surface area (Å²) in [7, 11) is 0. The van der Waals surface area contributed by atoms with Gasteiger partial charge in [0.1, 0.15) is 17.3 Å². The monoisotopic (exact) mass is 544 g/mol. The highest BCUT2D eigenvalue weighted by atomic mass is 35.5. The van der Waals surface area contributed by atoms with Crippen molar-refractivity contribution < 1.29 is 9.59 Å². The summed E-state index contributed by atoms with van der Waals surface area (Å²) in [6.45, 7) is 3.70. The average Bonchev–Trinajstić information content (AvgIpc) is 3.48. The molecule has 1 unspecified atom stereocenters. The fourth-order valence-electron chi connectivity index (χ4n) is 4.47. The number of carbonyl (C=O) groups excluding carboxylic acids is 2. The molecular weight excluding hydrogens is 516 g/mol. The zero-order valence-corrected chi connectivity index (χ0v) is 22.3. The Labute approximate surface area is 231 Å². The Morgan fingerprint density at radius 2 is 1.85 bits per heavy atom. The molecule has 1 fully saturated rings. The summed E-state index contributed by atoms with van der Waals surface area (Å²) in [5.41, 5.74) is 2.89. The number of nitrogens with one attached hydrogen (secondary N) is 2. The maximum Gasteiger partial charge on any atom is 0.321 e. The summed E-state index contributed by atoms with van der Waals surface area (Å²) in [4.78, 5) is 43.0. The predicted molar refractivity (Wildman–Crippen MR) is 150 cm³/mol. The van der Waals surface area contributed by atoms with Crippen molar-refractivity contribution in [1.29, 1.82) is 0 Å². The van der Waals surface area contributed by atoms with E-state index in [-0.39, 0.29) is 29.6 Å². The molecule has 4 aromatic rings. The Balaban J connectivity index is 1.34. The molecule has 0 bridgehead atoms. The molecule has 0 aliphatic carbocycles. The normalized spacial score (nSPS) is 15.2. The fourth-order valence-corrected chi connectivity index (χ4v) is 4.64. The van der Waals surface area contributed by atoms with Gasteiger partial charge in [0.15, 0.2) is 0 Å². The van der Waals surface area contributed by atoms with Crippen LogP contribution in [-0.4, -0.2) is 62.0 Å². The number of rotatable bonds is 7. The van der Waals surface area contributed by atoms with E-state index in [0.29, 0.717) is 43.6 Å². The summed E-state index contributed by atoms with van der Waals surface area (Å²) >= 11 is 6.37. The van der Waals surface area contributed by atoms with Gasteiger partial charge in [0.25, 0.3) is 0 Å². The minimum atomic E-state index is -0.333. The van der Waals surface area contributed by atoms with Gasteiger partial charge in [-0.1, -0.05) is 59.6 Å². The van der Waals surface area contributed by atoms with Crippen LogP contribution in [-0.2, 0) is 11.3 Å². The topological polar surface area (TPSA) is 108 Å². The SMILES string of the molecule is Cc1ccc(CNC(=O)CC2CN(C(=O)Nc3ccccc3)CCN2c2cc(Cl)nc(-n3ccnc3)n2)cc1. The number of amides is 3. The van der Waals surface area contributed by atoms with Gasteiger partial charge in [-0.05, 0) is 24.6 Å². The molecular formula is C28H29ClN8O2. The number of anilines is 2. The summed E-state index contributed by atoms with van der Waals surface area (Å²) in [6.07, 6.45) is 5.13. The minimum absolute atomic E-state index is 0.120. The molecule has 0 radical (unpaired) electrons. The van der Waals surface area contributed by atoms with Crippen LogP contribution in [0.25, 0.3) is 5.95 Å². The molecule has 5 rings (SSSR count). The van der Waals surface area contributed by atoms with Crippen LogP contribution in [0.15, 0.2) is 79.4 Å². The van der Waals surface area contributed by atoms with Gasteiger partial charge in [-0.25, -0.2) is 14.8 Å². The van der Waals surface area contributed by atoms with E-state index < -0.39 is 0 Å². The molecule has 3 heterocycles. The largest absolute Gasteiger partial charge is 0.352 e. The number of hydrogen-bond donors (Lipinski definition) is 2. The van der Waals surface area contributed by atoms with Crippen LogP contribution in [0.2, 0.25) is 5.15 Å². The van der Waals surface area contributed by atoms with Crippen LogP contribution in [0.1, 0.15) is 17.5 Å². The molecule has 0 saturated carbocycles. The van der Waals surface area contributed by atoms with Crippen molar-refractivity contribution >= 4 is 35.0 Å². The van der Waals surface area contributed by atoms with Crippen LogP contribution in [0.5, 0.6) is 0 Å². The van der Waals surface area contributed by atoms with Gasteiger partial charge in [0, 0.05) is 56.7 Å². The number of aromatic nitrogens is 4. The van der Waals surface area contributed by atoms with Gasteiger partial charge in [-0.3, -0.25) is 9.36 Å². The Bertz CT molecular complexity index is 1410. The Kier molecular flexibility index (Phi) is 8.02. The molecule has 1 aliphatic heterocycles. The van der Waals surface area contributed by atoms with Crippen LogP contribution in [0.3, 0.4) is 0 Å². The number of imidazole rings is 1. The lowest BCUT2D eigenvalue weighted by atomic mass is 10.1. The van der Waals surface area contributed by atoms with Crippen molar-refractivity contribution in [1.82, 2.24) is 29.7 Å². The standard InChI is InChI=1S/C28H29ClN8O2/c1-20-7-9-21(10-8-20)17-31-26(38)15-23-18-35(28(39)32-22-5-3-2-4-6-22)13-14-37(23)25-16-24(29)33-27(34-25)36-12-11-30-19-36/h2-12,16,19,23H,13-15,17-18H2,1H3,(H,31,38)(H,32,39). The molecule has 200 valence electrons. The van der Waals surface area contributed by atoms with Crippen molar-refractivity contribution in [3.8, 4) is 5.95 Å². The third-order valence-electron chi connectivity index (χ3n) is 6.53. The highest BCUT2D eigenvalue weighted by molar-refractivity contribution is 6.29. The van der Waals surface area contributed by atoms with Gasteiger partial charge in [0.05, 0.1) is 6.04 Å². The summed E-state index contributed by atoms with van der Waals surface area (Å²) in [5, 5.41) is 6.22. The van der Waals surface area contributed by atoms with Crippen molar-refractivity contribution in [2.45, 2.75) is 25.9 Å². The molecule has 11 heteroatoms. The lowest BCUT2D eigenvalue weighted by molar-refractivity contribution is -0.121. The van der Waals surface area contributed by atoms with Crippen molar-refractivity contribution in [3.05, 3.63) is 95.7 Å². The average molecular weight is 545 g/mol. The minimum Gasteiger partial charge on any atom is -0.352 e. The third kappa shape index (κ3) is 6.71. The molecule has 1 aliphatic rings. The number of benzene rings is 2. The van der Waals surface area contributed by atoms with E-state index in [2.05, 4.69) is 20.6 Å². The van der Waals surface area contributed by atoms with E-state index in [1.807, 2.05) is 66.4 Å². The van der Waals surface area contributed by atoms with E-state index in [9.17, 15) is 9.59 Å². The zero-order chi connectivity index (χ0) is 27.2. The number of aryl methyl sites for hydroxylation is 1. The highest BCUT2D eigenvalue weighted by Gasteiger charge is 2.32. The molecule has 2 N–H and O–H groups in total. The first-order valence-electron chi connectivity index (χ1n) is 12.7. The number of halogens is 1. The zero-order valence-electron chi connectivity index (χ0n) is 21.5. The highest BCUT2D eigenvalue weighted by Crippen LogP contribution is 2.25. The first-order chi connectivity index (χ1) is 18.9. The molecule has 0 spiro atoms. The fraction of sp³-hybridized carbons (Fsp3) is 0.250. The van der Waals surface area contributed by atoms with E-state index in [4.69, 9.17) is 16.6 Å². The van der Waals surface area contributed by atoms with Gasteiger partial charge in [-0.2, -0.15) is 4.98 Å². The Hall–Kier alpha value is -4.44. The molecule has 1 saturated heterocycles. The Morgan fingerprint density at radius 1 is 1.05 bits per heavy atom. The van der Waals surface area contributed by atoms with Crippen LogP contribution in [0.4, 0.5) is 16.3 Å². The second kappa shape index (κ2) is 12.0. The number of nitrogens with zero attached hydrogens (tertiary/aromatic N) is 6. The Morgan fingerprint density at radius 3 is 2.59 bits per heavy atom. The van der Waals surface area contributed by atoms with Crippen molar-refractivity contribution in [3.63, 3.8) is 0 Å². The first kappa shape index (κ1) is 26.2. The van der Waals surface area contributed by atoms with Gasteiger partial charge < -0.3 is 20.4 Å².